The maximum atomic E-state index is 9.36. The average molecular weight is 311 g/mol. The third-order valence-corrected chi connectivity index (χ3v) is 5.03. The number of aliphatic hydroxyl groups excluding tert-OH is 1. The molecular formula is C17H23ClO3. The SMILES string of the molecule is OCc1cccc(Cl)c1OCC1CCC2(CCCCC2)O1. The molecule has 1 unspecified atom stereocenters. The van der Waals surface area contributed by atoms with Crippen LogP contribution in [0, 0.1) is 0 Å². The van der Waals surface area contributed by atoms with E-state index in [1.807, 2.05) is 12.1 Å². The van der Waals surface area contributed by atoms with Gasteiger partial charge in [-0.05, 0) is 31.7 Å². The second-order valence-electron chi connectivity index (χ2n) is 6.22. The minimum atomic E-state index is -0.0641. The molecule has 3 rings (SSSR count). The summed E-state index contributed by atoms with van der Waals surface area (Å²) in [5, 5.41) is 9.91. The van der Waals surface area contributed by atoms with E-state index in [4.69, 9.17) is 21.1 Å². The zero-order valence-corrected chi connectivity index (χ0v) is 13.1. The minimum Gasteiger partial charge on any atom is -0.489 e. The van der Waals surface area contributed by atoms with Gasteiger partial charge in [0, 0.05) is 5.56 Å². The predicted octanol–water partition coefficient (Wildman–Crippen LogP) is 4.09. The minimum absolute atomic E-state index is 0.0641. The van der Waals surface area contributed by atoms with Crippen LogP contribution in [0.4, 0.5) is 0 Å². The molecule has 0 bridgehead atoms. The van der Waals surface area contributed by atoms with Gasteiger partial charge in [0.1, 0.15) is 12.4 Å². The molecule has 0 amide bonds. The molecule has 1 aliphatic carbocycles. The zero-order valence-electron chi connectivity index (χ0n) is 12.3. The molecule has 1 aromatic carbocycles. The highest BCUT2D eigenvalue weighted by molar-refractivity contribution is 6.32. The number of para-hydroxylation sites is 1. The molecule has 1 aliphatic heterocycles. The van der Waals surface area contributed by atoms with Gasteiger partial charge in [-0.2, -0.15) is 0 Å². The Labute approximate surface area is 131 Å². The lowest BCUT2D eigenvalue weighted by molar-refractivity contribution is -0.0749. The first-order valence-corrected chi connectivity index (χ1v) is 8.29. The van der Waals surface area contributed by atoms with Crippen LogP contribution in [0.5, 0.6) is 5.75 Å². The fraction of sp³-hybridized carbons (Fsp3) is 0.647. The van der Waals surface area contributed by atoms with E-state index in [1.54, 1.807) is 6.07 Å². The topological polar surface area (TPSA) is 38.7 Å². The van der Waals surface area contributed by atoms with Crippen molar-refractivity contribution in [1.29, 1.82) is 0 Å². The fourth-order valence-corrected chi connectivity index (χ4v) is 3.84. The Morgan fingerprint density at radius 2 is 2.05 bits per heavy atom. The summed E-state index contributed by atoms with van der Waals surface area (Å²) in [5.41, 5.74) is 0.847. The summed E-state index contributed by atoms with van der Waals surface area (Å²) in [6.07, 6.45) is 8.64. The van der Waals surface area contributed by atoms with E-state index in [0.29, 0.717) is 17.4 Å². The molecular weight excluding hydrogens is 288 g/mol. The van der Waals surface area contributed by atoms with Crippen molar-refractivity contribution in [3.63, 3.8) is 0 Å². The van der Waals surface area contributed by atoms with Crippen LogP contribution in [0.15, 0.2) is 18.2 Å². The molecule has 1 saturated carbocycles. The molecule has 1 atom stereocenters. The normalized spacial score (nSPS) is 24.4. The summed E-state index contributed by atoms with van der Waals surface area (Å²) in [7, 11) is 0. The molecule has 1 spiro atoms. The Hall–Kier alpha value is -0.770. The van der Waals surface area contributed by atoms with Crippen molar-refractivity contribution in [2.24, 2.45) is 0 Å². The van der Waals surface area contributed by atoms with Crippen molar-refractivity contribution >= 4 is 11.6 Å². The van der Waals surface area contributed by atoms with Gasteiger partial charge in [-0.25, -0.2) is 0 Å². The van der Waals surface area contributed by atoms with Crippen LogP contribution in [0.1, 0.15) is 50.5 Å². The Bertz CT molecular complexity index is 483. The van der Waals surface area contributed by atoms with Crippen LogP contribution in [-0.2, 0) is 11.3 Å². The molecule has 4 heteroatoms. The van der Waals surface area contributed by atoms with Crippen molar-refractivity contribution in [3.8, 4) is 5.75 Å². The molecule has 2 fully saturated rings. The first-order chi connectivity index (χ1) is 10.2. The average Bonchev–Trinajstić information content (AvgIpc) is 2.89. The molecule has 0 radical (unpaired) electrons. The maximum absolute atomic E-state index is 9.36. The van der Waals surface area contributed by atoms with Gasteiger partial charge in [-0.3, -0.25) is 0 Å². The van der Waals surface area contributed by atoms with E-state index in [0.717, 1.165) is 18.4 Å². The van der Waals surface area contributed by atoms with E-state index in [1.165, 1.54) is 32.1 Å². The fourth-order valence-electron chi connectivity index (χ4n) is 3.59. The van der Waals surface area contributed by atoms with Crippen LogP contribution in [-0.4, -0.2) is 23.4 Å². The molecule has 1 aromatic rings. The molecule has 2 aliphatic rings. The van der Waals surface area contributed by atoms with Crippen molar-refractivity contribution in [3.05, 3.63) is 28.8 Å². The number of hydrogen-bond acceptors (Lipinski definition) is 3. The van der Waals surface area contributed by atoms with Crippen LogP contribution >= 0.6 is 11.6 Å². The second-order valence-corrected chi connectivity index (χ2v) is 6.63. The van der Waals surface area contributed by atoms with Crippen molar-refractivity contribution < 1.29 is 14.6 Å². The highest BCUT2D eigenvalue weighted by Crippen LogP contribution is 2.42. The summed E-state index contributed by atoms with van der Waals surface area (Å²) in [6, 6.07) is 5.44. The summed E-state index contributed by atoms with van der Waals surface area (Å²) in [6.45, 7) is 0.448. The Morgan fingerprint density at radius 1 is 1.24 bits per heavy atom. The van der Waals surface area contributed by atoms with Crippen molar-refractivity contribution in [2.75, 3.05) is 6.61 Å². The lowest BCUT2D eigenvalue weighted by Crippen LogP contribution is -2.33. The van der Waals surface area contributed by atoms with E-state index in [-0.39, 0.29) is 18.3 Å². The largest absolute Gasteiger partial charge is 0.489 e. The Balaban J connectivity index is 1.59. The monoisotopic (exact) mass is 310 g/mol. The third-order valence-electron chi connectivity index (χ3n) is 4.74. The molecule has 116 valence electrons. The molecule has 0 aromatic heterocycles. The predicted molar refractivity (Wildman–Crippen MR) is 82.8 cm³/mol. The standard InChI is InChI=1S/C17H23ClO3/c18-15-6-4-5-13(11-19)16(15)20-12-14-7-10-17(21-14)8-2-1-3-9-17/h4-6,14,19H,1-3,7-12H2. The number of benzene rings is 1. The first kappa shape index (κ1) is 15.1. The van der Waals surface area contributed by atoms with Crippen LogP contribution in [0.25, 0.3) is 0 Å². The summed E-state index contributed by atoms with van der Waals surface area (Å²) in [4.78, 5) is 0. The van der Waals surface area contributed by atoms with Crippen LogP contribution in [0.2, 0.25) is 5.02 Å². The number of hydrogen-bond donors (Lipinski definition) is 1. The van der Waals surface area contributed by atoms with Gasteiger partial charge < -0.3 is 14.6 Å². The van der Waals surface area contributed by atoms with Gasteiger partial charge in [0.25, 0.3) is 0 Å². The summed E-state index contributed by atoms with van der Waals surface area (Å²) < 4.78 is 12.2. The smallest absolute Gasteiger partial charge is 0.143 e. The molecule has 1 heterocycles. The van der Waals surface area contributed by atoms with Gasteiger partial charge in [0.2, 0.25) is 0 Å². The zero-order chi connectivity index (χ0) is 14.7. The van der Waals surface area contributed by atoms with Crippen LogP contribution < -0.4 is 4.74 Å². The quantitative estimate of drug-likeness (QED) is 0.910. The highest BCUT2D eigenvalue weighted by Gasteiger charge is 2.40. The summed E-state index contributed by atoms with van der Waals surface area (Å²) in [5.74, 6) is 0.592. The first-order valence-electron chi connectivity index (χ1n) is 7.91. The lowest BCUT2D eigenvalue weighted by atomic mass is 9.83. The van der Waals surface area contributed by atoms with Gasteiger partial charge in [0.05, 0.1) is 23.3 Å². The molecule has 3 nitrogen and oxygen atoms in total. The second kappa shape index (κ2) is 6.55. The maximum Gasteiger partial charge on any atom is 0.143 e. The van der Waals surface area contributed by atoms with E-state index in [9.17, 15) is 5.11 Å². The summed E-state index contributed by atoms with van der Waals surface area (Å²) >= 11 is 6.16. The van der Waals surface area contributed by atoms with Crippen LogP contribution in [0.3, 0.4) is 0 Å². The number of halogens is 1. The molecule has 21 heavy (non-hydrogen) atoms. The third kappa shape index (κ3) is 3.36. The van der Waals surface area contributed by atoms with Gasteiger partial charge in [-0.15, -0.1) is 0 Å². The highest BCUT2D eigenvalue weighted by atomic mass is 35.5. The Kier molecular flexibility index (Phi) is 4.72. The van der Waals surface area contributed by atoms with Gasteiger partial charge in [-0.1, -0.05) is 43.0 Å². The van der Waals surface area contributed by atoms with E-state index in [2.05, 4.69) is 0 Å². The number of rotatable bonds is 4. The Morgan fingerprint density at radius 3 is 2.81 bits per heavy atom. The lowest BCUT2D eigenvalue weighted by Gasteiger charge is -2.33. The van der Waals surface area contributed by atoms with Crippen molar-refractivity contribution in [1.82, 2.24) is 0 Å². The van der Waals surface area contributed by atoms with E-state index >= 15 is 0 Å². The van der Waals surface area contributed by atoms with Gasteiger partial charge >= 0.3 is 0 Å². The van der Waals surface area contributed by atoms with Gasteiger partial charge in [0.15, 0.2) is 0 Å². The molecule has 1 N–H and O–H groups in total. The number of aliphatic hydroxyl groups is 1. The molecule has 1 saturated heterocycles. The number of ether oxygens (including phenoxy) is 2. The van der Waals surface area contributed by atoms with E-state index < -0.39 is 0 Å². The van der Waals surface area contributed by atoms with Crippen molar-refractivity contribution in [2.45, 2.75) is 63.3 Å².